The van der Waals surface area contributed by atoms with Gasteiger partial charge in [0.2, 0.25) is 0 Å². The molecular formula is C20H20N4O2S. The van der Waals surface area contributed by atoms with Gasteiger partial charge in [-0.2, -0.15) is 5.10 Å². The van der Waals surface area contributed by atoms with Crippen LogP contribution in [0.5, 0.6) is 0 Å². The van der Waals surface area contributed by atoms with Gasteiger partial charge in [-0.1, -0.05) is 6.07 Å². The highest BCUT2D eigenvalue weighted by Crippen LogP contribution is 2.46. The summed E-state index contributed by atoms with van der Waals surface area (Å²) in [7, 11) is -1.38. The normalized spacial score (nSPS) is 23.3. The maximum Gasteiger partial charge on any atom is 0.183 e. The number of sulfone groups is 1. The Morgan fingerprint density at radius 3 is 2.67 bits per heavy atom. The van der Waals surface area contributed by atoms with Crippen molar-refractivity contribution in [2.75, 3.05) is 13.1 Å². The van der Waals surface area contributed by atoms with Gasteiger partial charge < -0.3 is 0 Å². The zero-order valence-electron chi connectivity index (χ0n) is 15.0. The molecule has 0 bridgehead atoms. The number of rotatable bonds is 3. The number of likely N-dealkylation sites (tertiary alicyclic amines) is 1. The van der Waals surface area contributed by atoms with Gasteiger partial charge >= 0.3 is 0 Å². The first-order valence-corrected chi connectivity index (χ1v) is 10.5. The van der Waals surface area contributed by atoms with E-state index in [1.54, 1.807) is 23.1 Å². The monoisotopic (exact) mass is 380 g/mol. The first kappa shape index (κ1) is 16.6. The van der Waals surface area contributed by atoms with E-state index in [0.717, 1.165) is 35.3 Å². The largest absolute Gasteiger partial charge is 0.297 e. The van der Waals surface area contributed by atoms with Gasteiger partial charge in [-0.15, -0.1) is 0 Å². The molecule has 7 heteroatoms. The molecule has 0 aliphatic carbocycles. The van der Waals surface area contributed by atoms with Crippen molar-refractivity contribution in [3.05, 3.63) is 66.2 Å². The lowest BCUT2D eigenvalue weighted by molar-refractivity contribution is 0.325. The van der Waals surface area contributed by atoms with Crippen molar-refractivity contribution >= 4 is 9.84 Å². The Morgan fingerprint density at radius 2 is 1.93 bits per heavy atom. The lowest BCUT2D eigenvalue weighted by Crippen LogP contribution is -2.25. The number of aromatic nitrogens is 3. The van der Waals surface area contributed by atoms with Crippen molar-refractivity contribution in [1.82, 2.24) is 19.7 Å². The Kier molecular flexibility index (Phi) is 3.70. The molecule has 6 nitrogen and oxygen atoms in total. The van der Waals surface area contributed by atoms with Gasteiger partial charge in [0.15, 0.2) is 9.84 Å². The average Bonchev–Trinajstić information content (AvgIpc) is 3.33. The second kappa shape index (κ2) is 6.00. The van der Waals surface area contributed by atoms with E-state index in [1.807, 2.05) is 37.6 Å². The van der Waals surface area contributed by atoms with Gasteiger partial charge in [-0.25, -0.2) is 8.42 Å². The molecule has 0 unspecified atom stereocenters. The van der Waals surface area contributed by atoms with Crippen molar-refractivity contribution in [1.29, 1.82) is 0 Å². The fourth-order valence-corrected chi connectivity index (χ4v) is 6.59. The number of hydrogen-bond donors (Lipinski definition) is 0. The van der Waals surface area contributed by atoms with Gasteiger partial charge in [0.05, 0.1) is 16.3 Å². The Labute approximate surface area is 158 Å². The summed E-state index contributed by atoms with van der Waals surface area (Å²) in [6.07, 6.45) is 7.34. The topological polar surface area (TPSA) is 68.1 Å². The van der Waals surface area contributed by atoms with E-state index >= 15 is 0 Å². The molecule has 2 aliphatic rings. The molecule has 2 aliphatic heterocycles. The molecule has 2 atom stereocenters. The lowest BCUT2D eigenvalue weighted by Gasteiger charge is -2.16. The second-order valence-corrected chi connectivity index (χ2v) is 9.53. The molecular weight excluding hydrogens is 360 g/mol. The van der Waals surface area contributed by atoms with Crippen LogP contribution in [0.15, 0.2) is 60.0 Å². The molecule has 5 rings (SSSR count). The van der Waals surface area contributed by atoms with Crippen LogP contribution < -0.4 is 0 Å². The highest BCUT2D eigenvalue weighted by Gasteiger charge is 2.50. The summed E-state index contributed by atoms with van der Waals surface area (Å²) >= 11 is 0. The van der Waals surface area contributed by atoms with E-state index in [2.05, 4.69) is 21.0 Å². The molecule has 1 saturated heterocycles. The molecule has 0 N–H and O–H groups in total. The third-order valence-corrected chi connectivity index (χ3v) is 7.89. The number of pyridine rings is 1. The molecule has 0 radical (unpaired) electrons. The van der Waals surface area contributed by atoms with Crippen LogP contribution in [0.3, 0.4) is 0 Å². The van der Waals surface area contributed by atoms with Gasteiger partial charge in [-0.05, 0) is 41.0 Å². The molecule has 1 fully saturated rings. The summed E-state index contributed by atoms with van der Waals surface area (Å²) in [4.78, 5) is 6.80. The van der Waals surface area contributed by atoms with Crippen molar-refractivity contribution in [2.45, 2.75) is 22.6 Å². The first-order valence-electron chi connectivity index (χ1n) is 9.00. The number of benzene rings is 1. The predicted octanol–water partition coefficient (Wildman–Crippen LogP) is 2.24. The predicted molar refractivity (Wildman–Crippen MR) is 102 cm³/mol. The summed E-state index contributed by atoms with van der Waals surface area (Å²) < 4.78 is 27.9. The molecule has 138 valence electrons. The molecule has 2 aromatic heterocycles. The van der Waals surface area contributed by atoms with E-state index in [9.17, 15) is 8.42 Å². The van der Waals surface area contributed by atoms with Crippen LogP contribution in [0.25, 0.3) is 11.1 Å². The second-order valence-electron chi connectivity index (χ2n) is 7.39. The Balaban J connectivity index is 1.48. The van der Waals surface area contributed by atoms with Crippen LogP contribution in [0.4, 0.5) is 0 Å². The first-order chi connectivity index (χ1) is 13.0. The summed E-state index contributed by atoms with van der Waals surface area (Å²) in [6.45, 7) is 2.06. The fourth-order valence-electron chi connectivity index (χ4n) is 4.39. The molecule has 4 heterocycles. The van der Waals surface area contributed by atoms with Crippen LogP contribution in [-0.4, -0.2) is 46.4 Å². The summed E-state index contributed by atoms with van der Waals surface area (Å²) in [5.74, 6) is 0.0310. The number of fused-ring (bicyclic) bond motifs is 3. The van der Waals surface area contributed by atoms with Gasteiger partial charge in [0.1, 0.15) is 0 Å². The highest BCUT2D eigenvalue weighted by molar-refractivity contribution is 7.92. The van der Waals surface area contributed by atoms with Crippen molar-refractivity contribution in [2.24, 2.45) is 7.05 Å². The maximum absolute atomic E-state index is 13.1. The molecule has 0 spiro atoms. The molecule has 27 heavy (non-hydrogen) atoms. The van der Waals surface area contributed by atoms with Crippen molar-refractivity contribution in [3.63, 3.8) is 0 Å². The van der Waals surface area contributed by atoms with Crippen LogP contribution in [0, 0.1) is 0 Å². The zero-order chi connectivity index (χ0) is 18.6. The third kappa shape index (κ3) is 2.69. The smallest absolute Gasteiger partial charge is 0.183 e. The van der Waals surface area contributed by atoms with Crippen LogP contribution >= 0.6 is 0 Å². The fraction of sp³-hybridized carbons (Fsp3) is 0.300. The van der Waals surface area contributed by atoms with Crippen molar-refractivity contribution < 1.29 is 8.42 Å². The van der Waals surface area contributed by atoms with Gasteiger partial charge in [-0.3, -0.25) is 14.6 Å². The highest BCUT2D eigenvalue weighted by atomic mass is 32.2. The summed E-state index contributed by atoms with van der Waals surface area (Å²) in [5, 5.41) is 3.86. The quantitative estimate of drug-likeness (QED) is 0.697. The Morgan fingerprint density at radius 1 is 1.11 bits per heavy atom. The van der Waals surface area contributed by atoms with Crippen molar-refractivity contribution in [3.8, 4) is 11.1 Å². The summed E-state index contributed by atoms with van der Waals surface area (Å²) in [5.41, 5.74) is 4.17. The van der Waals surface area contributed by atoms with Crippen LogP contribution in [0.1, 0.15) is 17.0 Å². The molecule has 0 amide bonds. The number of aryl methyl sites for hydroxylation is 1. The Hall–Kier alpha value is -2.51. The van der Waals surface area contributed by atoms with E-state index in [1.165, 1.54) is 0 Å². The van der Waals surface area contributed by atoms with E-state index < -0.39 is 9.84 Å². The third-order valence-electron chi connectivity index (χ3n) is 5.63. The average molecular weight is 380 g/mol. The molecule has 3 aromatic rings. The molecule has 1 aromatic carbocycles. The van der Waals surface area contributed by atoms with Gasteiger partial charge in [0.25, 0.3) is 0 Å². The lowest BCUT2D eigenvalue weighted by atomic mass is 9.95. The zero-order valence-corrected chi connectivity index (χ0v) is 15.8. The van der Waals surface area contributed by atoms with Crippen LogP contribution in [0.2, 0.25) is 0 Å². The van der Waals surface area contributed by atoms with E-state index in [-0.39, 0.29) is 11.2 Å². The van der Waals surface area contributed by atoms with Gasteiger partial charge in [0, 0.05) is 56.8 Å². The minimum absolute atomic E-state index is 0.0310. The summed E-state index contributed by atoms with van der Waals surface area (Å²) in [6, 6.07) is 9.64. The molecule has 0 saturated carbocycles. The van der Waals surface area contributed by atoms with Crippen LogP contribution in [-0.2, 0) is 23.4 Å². The SMILES string of the molecule is Cn1cc(CN2C[C@@H]3[C@@H](C2)c2cc(-c4ccncc4)ccc2S3(=O)=O)cn1. The minimum Gasteiger partial charge on any atom is -0.297 e. The maximum atomic E-state index is 13.1. The minimum atomic E-state index is -3.28. The van der Waals surface area contributed by atoms with E-state index in [4.69, 9.17) is 0 Å². The number of nitrogens with zero attached hydrogens (tertiary/aromatic N) is 4. The number of hydrogen-bond acceptors (Lipinski definition) is 5. The van der Waals surface area contributed by atoms with E-state index in [0.29, 0.717) is 11.4 Å². The Bertz CT molecular complexity index is 1110. The standard InChI is InChI=1S/C20H20N4O2S/c1-23-10-14(9-22-23)11-24-12-18-17-8-16(15-4-6-21-7-5-15)2-3-19(17)27(25,26)20(18)13-24/h2-10,18,20H,11-13H2,1H3/t18-,20+/m0/s1.